The van der Waals surface area contributed by atoms with Crippen LogP contribution in [0.15, 0.2) is 36.7 Å². The zero-order valence-electron chi connectivity index (χ0n) is 33.4. The fourth-order valence-corrected chi connectivity index (χ4v) is 6.81. The van der Waals surface area contributed by atoms with Gasteiger partial charge < -0.3 is 34.0 Å². The van der Waals surface area contributed by atoms with E-state index in [0.29, 0.717) is 22.6 Å². The molecule has 2 N–H and O–H groups in total. The van der Waals surface area contributed by atoms with Crippen molar-refractivity contribution in [1.82, 2.24) is 19.5 Å². The molecule has 0 amide bonds. The Hall–Kier alpha value is -5.88. The van der Waals surface area contributed by atoms with E-state index < -0.39 is 59.1 Å². The number of aryl methyl sites for hydroxylation is 3. The van der Waals surface area contributed by atoms with Gasteiger partial charge in [0, 0.05) is 42.9 Å². The Morgan fingerprint density at radius 2 is 1.54 bits per heavy atom. The van der Waals surface area contributed by atoms with E-state index in [4.69, 9.17) is 35.8 Å². The first kappa shape index (κ1) is 42.9. The van der Waals surface area contributed by atoms with Crippen molar-refractivity contribution >= 4 is 40.9 Å². The molecule has 15 heteroatoms. The molecule has 14 nitrogen and oxygen atoms in total. The molecule has 298 valence electrons. The number of aromatic nitrogens is 4. The Kier molecular flexibility index (Phi) is 12.9. The van der Waals surface area contributed by atoms with Crippen LogP contribution < -0.4 is 15.2 Å². The molecule has 4 aromatic rings. The van der Waals surface area contributed by atoms with E-state index in [-0.39, 0.29) is 36.4 Å². The second-order valence-corrected chi connectivity index (χ2v) is 15.1. The number of terminal acetylenes is 1. The zero-order chi connectivity index (χ0) is 41.7. The molecule has 0 saturated heterocycles. The van der Waals surface area contributed by atoms with Crippen LogP contribution >= 0.6 is 0 Å². The molecule has 2 atom stereocenters. The number of carbonyl (C=O) groups is 4. The van der Waals surface area contributed by atoms with E-state index in [1.165, 1.54) is 31.9 Å². The predicted molar refractivity (Wildman–Crippen MR) is 204 cm³/mol. The molecule has 0 fully saturated rings. The lowest BCUT2D eigenvalue weighted by Crippen LogP contribution is -2.52. The summed E-state index contributed by atoms with van der Waals surface area (Å²) in [6.45, 7) is 14.5. The maximum absolute atomic E-state index is 14.4. The quantitative estimate of drug-likeness (QED) is 0.0689. The van der Waals surface area contributed by atoms with Gasteiger partial charge in [-0.05, 0) is 49.6 Å². The lowest BCUT2D eigenvalue weighted by Gasteiger charge is -2.36. The average molecular weight is 774 g/mol. The number of ether oxygens (including phenoxy) is 5. The number of anilines is 1. The first-order valence-corrected chi connectivity index (χ1v) is 17.7. The molecule has 0 unspecified atom stereocenters. The van der Waals surface area contributed by atoms with Gasteiger partial charge in [-0.15, -0.1) is 6.42 Å². The first-order chi connectivity index (χ1) is 26.1. The second-order valence-electron chi connectivity index (χ2n) is 15.1. The molecule has 0 aliphatic heterocycles. The Morgan fingerprint density at radius 3 is 2.16 bits per heavy atom. The fourth-order valence-electron chi connectivity index (χ4n) is 6.81. The lowest BCUT2D eigenvalue weighted by molar-refractivity contribution is -0.175. The van der Waals surface area contributed by atoms with Crippen molar-refractivity contribution in [2.45, 2.75) is 104 Å². The van der Waals surface area contributed by atoms with Gasteiger partial charge in [0.25, 0.3) is 0 Å². The van der Waals surface area contributed by atoms with Crippen molar-refractivity contribution in [3.05, 3.63) is 70.6 Å². The summed E-state index contributed by atoms with van der Waals surface area (Å²) in [5, 5.41) is 0. The molecule has 2 aromatic carbocycles. The standard InChI is InChI=1S/C41H48FN5O9/c1-12-41(52-11,21-53-32(50)18-39(7,8)28-14-13-23(2)16-29(28)54-26(5)48)31(20-47-22-44-35-36(43)45-38(42)46-37(35)47)56-33(51)19-40(9,10)34-25(4)15-24(3)17-30(34)55-27(6)49/h1,13-17,22,31H,18-21H2,2-11H3,(H2,43,45,46)/t31-,41+/m0/s1. The molecule has 0 saturated carbocycles. The molecule has 0 radical (unpaired) electrons. The molecule has 4 rings (SSSR count). The van der Waals surface area contributed by atoms with E-state index in [9.17, 15) is 23.6 Å². The highest BCUT2D eigenvalue weighted by Crippen LogP contribution is 2.39. The predicted octanol–water partition coefficient (Wildman–Crippen LogP) is 5.53. The van der Waals surface area contributed by atoms with Gasteiger partial charge in [0.05, 0.1) is 25.7 Å². The monoisotopic (exact) mass is 773 g/mol. The van der Waals surface area contributed by atoms with Gasteiger partial charge in [0.2, 0.25) is 5.60 Å². The van der Waals surface area contributed by atoms with Crippen molar-refractivity contribution in [2.24, 2.45) is 0 Å². The topological polar surface area (TPSA) is 184 Å². The maximum Gasteiger partial charge on any atom is 0.312 e. The number of nitrogen functional groups attached to an aromatic ring is 1. The van der Waals surface area contributed by atoms with Crippen LogP contribution in [0.4, 0.5) is 10.2 Å². The Morgan fingerprint density at radius 1 is 0.911 bits per heavy atom. The van der Waals surface area contributed by atoms with Crippen LogP contribution in [0.25, 0.3) is 11.2 Å². The van der Waals surface area contributed by atoms with E-state index >= 15 is 0 Å². The molecule has 2 aromatic heterocycles. The van der Waals surface area contributed by atoms with Crippen molar-refractivity contribution in [3.8, 4) is 23.8 Å². The SMILES string of the molecule is C#C[C@](COC(=O)CC(C)(C)c1ccc(C)cc1OC(C)=O)(OC)[C@H](Cn1cnc2c(N)nc(F)nc21)OC(=O)CC(C)(C)c1c(C)cc(C)cc1OC(C)=O. The number of rotatable bonds is 15. The molecular weight excluding hydrogens is 725 g/mol. The van der Waals surface area contributed by atoms with Gasteiger partial charge in [0.1, 0.15) is 23.6 Å². The van der Waals surface area contributed by atoms with Gasteiger partial charge in [-0.1, -0.05) is 51.8 Å². The van der Waals surface area contributed by atoms with E-state index in [2.05, 4.69) is 20.9 Å². The molecule has 0 aliphatic carbocycles. The highest BCUT2D eigenvalue weighted by Gasteiger charge is 2.44. The number of halogens is 1. The lowest BCUT2D eigenvalue weighted by atomic mass is 9.78. The van der Waals surface area contributed by atoms with Gasteiger partial charge in [-0.2, -0.15) is 14.4 Å². The third-order valence-electron chi connectivity index (χ3n) is 9.34. The molecular formula is C41H48FN5O9. The number of benzene rings is 2. The van der Waals surface area contributed by atoms with E-state index in [1.807, 2.05) is 32.9 Å². The van der Waals surface area contributed by atoms with Crippen LogP contribution in [0.1, 0.15) is 82.2 Å². The smallest absolute Gasteiger partial charge is 0.312 e. The normalized spacial score (nSPS) is 13.3. The second kappa shape index (κ2) is 16.9. The van der Waals surface area contributed by atoms with E-state index in [1.54, 1.807) is 45.9 Å². The van der Waals surface area contributed by atoms with Gasteiger partial charge in [-0.3, -0.25) is 19.2 Å². The molecule has 2 heterocycles. The van der Waals surface area contributed by atoms with Crippen LogP contribution in [0.3, 0.4) is 0 Å². The molecule has 56 heavy (non-hydrogen) atoms. The third kappa shape index (κ3) is 9.86. The zero-order valence-corrected chi connectivity index (χ0v) is 33.4. The Balaban J connectivity index is 1.68. The minimum absolute atomic E-state index is 0.0138. The van der Waals surface area contributed by atoms with Crippen LogP contribution in [0.2, 0.25) is 0 Å². The minimum atomic E-state index is -1.90. The summed E-state index contributed by atoms with van der Waals surface area (Å²) in [6, 6.07) is 8.96. The van der Waals surface area contributed by atoms with Crippen LogP contribution in [-0.2, 0) is 50.8 Å². The molecule has 0 bridgehead atoms. The third-order valence-corrected chi connectivity index (χ3v) is 9.34. The summed E-state index contributed by atoms with van der Waals surface area (Å²) in [5.41, 5.74) is 5.97. The number of carbonyl (C=O) groups excluding carboxylic acids is 4. The highest BCUT2D eigenvalue weighted by molar-refractivity contribution is 5.81. The number of methoxy groups -OCH3 is 1. The minimum Gasteiger partial charge on any atom is -0.461 e. The van der Waals surface area contributed by atoms with Gasteiger partial charge in [-0.25, -0.2) is 4.98 Å². The summed E-state index contributed by atoms with van der Waals surface area (Å²) in [6.07, 6.45) is 4.50. The summed E-state index contributed by atoms with van der Waals surface area (Å²) >= 11 is 0. The van der Waals surface area contributed by atoms with Crippen LogP contribution in [-0.4, -0.2) is 68.8 Å². The van der Waals surface area contributed by atoms with E-state index in [0.717, 1.165) is 16.7 Å². The van der Waals surface area contributed by atoms with Crippen molar-refractivity contribution in [2.75, 3.05) is 19.5 Å². The van der Waals surface area contributed by atoms with Crippen LogP contribution in [0.5, 0.6) is 11.5 Å². The number of nitrogens with two attached hydrogens (primary N) is 1. The Labute approximate surface area is 325 Å². The number of esters is 4. The number of fused-ring (bicyclic) bond motifs is 1. The fraction of sp³-hybridized carbons (Fsp3) is 0.439. The Bertz CT molecular complexity index is 2210. The molecule has 0 aliphatic rings. The van der Waals surface area contributed by atoms with Crippen molar-refractivity contribution < 1.29 is 47.3 Å². The van der Waals surface area contributed by atoms with Gasteiger partial charge >= 0.3 is 30.0 Å². The largest absolute Gasteiger partial charge is 0.461 e. The molecule has 0 spiro atoms. The summed E-state index contributed by atoms with van der Waals surface area (Å²) < 4.78 is 44.4. The summed E-state index contributed by atoms with van der Waals surface area (Å²) in [7, 11) is 1.27. The highest BCUT2D eigenvalue weighted by atomic mass is 19.1. The number of nitrogens with zero attached hydrogens (tertiary/aromatic N) is 4. The number of imidazole rings is 1. The number of hydrogen-bond donors (Lipinski definition) is 1. The van der Waals surface area contributed by atoms with Crippen molar-refractivity contribution in [1.29, 1.82) is 0 Å². The number of hydrogen-bond acceptors (Lipinski definition) is 13. The first-order valence-electron chi connectivity index (χ1n) is 17.7. The van der Waals surface area contributed by atoms with Crippen molar-refractivity contribution in [3.63, 3.8) is 0 Å². The summed E-state index contributed by atoms with van der Waals surface area (Å²) in [4.78, 5) is 63.0. The maximum atomic E-state index is 14.4. The van der Waals surface area contributed by atoms with Crippen LogP contribution in [0, 0.1) is 39.2 Å². The average Bonchev–Trinajstić information content (AvgIpc) is 3.46. The summed E-state index contributed by atoms with van der Waals surface area (Å²) in [5.74, 6) is 0.476. The van der Waals surface area contributed by atoms with Gasteiger partial charge in [0.15, 0.2) is 17.6 Å².